The summed E-state index contributed by atoms with van der Waals surface area (Å²) in [6.45, 7) is 6.71. The molecule has 0 saturated carbocycles. The molecule has 1 saturated heterocycles. The van der Waals surface area contributed by atoms with E-state index < -0.39 is 0 Å². The molecule has 2 aromatic rings. The van der Waals surface area contributed by atoms with Gasteiger partial charge in [0.05, 0.1) is 23.7 Å². The summed E-state index contributed by atoms with van der Waals surface area (Å²) in [4.78, 5) is 37.9. The van der Waals surface area contributed by atoms with E-state index in [-0.39, 0.29) is 30.7 Å². The van der Waals surface area contributed by atoms with Gasteiger partial charge in [-0.2, -0.15) is 0 Å². The lowest BCUT2D eigenvalue weighted by Gasteiger charge is -2.31. The van der Waals surface area contributed by atoms with Crippen molar-refractivity contribution in [2.24, 2.45) is 0 Å². The monoisotopic (exact) mass is 424 g/mol. The summed E-state index contributed by atoms with van der Waals surface area (Å²) in [5.41, 5.74) is 2.46. The number of carbonyl (C=O) groups is 1. The highest BCUT2D eigenvalue weighted by molar-refractivity contribution is 5.79. The van der Waals surface area contributed by atoms with Gasteiger partial charge in [0.15, 0.2) is 11.5 Å². The van der Waals surface area contributed by atoms with Crippen molar-refractivity contribution in [3.63, 3.8) is 0 Å². The molecule has 3 aliphatic heterocycles. The maximum atomic E-state index is 13.1. The number of aromatic nitrogens is 2. The van der Waals surface area contributed by atoms with Crippen LogP contribution in [0.3, 0.4) is 0 Å². The van der Waals surface area contributed by atoms with Crippen LogP contribution < -0.4 is 15.0 Å². The van der Waals surface area contributed by atoms with E-state index in [9.17, 15) is 9.59 Å². The molecule has 4 heterocycles. The van der Waals surface area contributed by atoms with Crippen LogP contribution in [0.15, 0.2) is 23.0 Å². The normalized spacial score (nSPS) is 20.4. The Morgan fingerprint density at radius 2 is 2.10 bits per heavy atom. The van der Waals surface area contributed by atoms with Crippen LogP contribution in [0.5, 0.6) is 11.5 Å². The highest BCUT2D eigenvalue weighted by atomic mass is 16.7. The summed E-state index contributed by atoms with van der Waals surface area (Å²) in [5.74, 6) is 2.05. The molecule has 1 fully saturated rings. The number of nitrogens with zero attached hydrogens (tertiary/aromatic N) is 3. The van der Waals surface area contributed by atoms with Crippen molar-refractivity contribution in [1.82, 2.24) is 19.8 Å². The third-order valence-electron chi connectivity index (χ3n) is 6.53. The Labute approximate surface area is 181 Å². The van der Waals surface area contributed by atoms with E-state index in [2.05, 4.69) is 23.7 Å². The molecule has 1 N–H and O–H groups in total. The van der Waals surface area contributed by atoms with Crippen LogP contribution in [-0.4, -0.2) is 51.6 Å². The molecule has 0 radical (unpaired) electrons. The van der Waals surface area contributed by atoms with Crippen LogP contribution in [-0.2, 0) is 24.2 Å². The van der Waals surface area contributed by atoms with E-state index in [1.807, 2.05) is 23.1 Å². The SMILES string of the molecule is CC(C)N1CCc2nc([C@@H]3CCCN3C(=O)Cc3ccc4c(c3)OCO4)[nH]c(=O)c2C1. The molecule has 8 heteroatoms. The lowest BCUT2D eigenvalue weighted by atomic mass is 10.0. The van der Waals surface area contributed by atoms with Gasteiger partial charge in [-0.3, -0.25) is 14.5 Å². The van der Waals surface area contributed by atoms with Gasteiger partial charge in [0.25, 0.3) is 5.56 Å². The summed E-state index contributed by atoms with van der Waals surface area (Å²) in [7, 11) is 0. The van der Waals surface area contributed by atoms with Gasteiger partial charge in [0, 0.05) is 32.1 Å². The van der Waals surface area contributed by atoms with E-state index in [1.165, 1.54) is 0 Å². The highest BCUT2D eigenvalue weighted by Crippen LogP contribution is 2.34. The predicted molar refractivity (Wildman–Crippen MR) is 114 cm³/mol. The summed E-state index contributed by atoms with van der Waals surface area (Å²) in [6, 6.07) is 5.82. The van der Waals surface area contributed by atoms with E-state index in [0.717, 1.165) is 42.6 Å². The molecule has 1 aromatic heterocycles. The molecule has 1 atom stereocenters. The Morgan fingerprint density at radius 1 is 1.26 bits per heavy atom. The molecule has 0 bridgehead atoms. The first-order valence-corrected chi connectivity index (χ1v) is 11.0. The van der Waals surface area contributed by atoms with E-state index in [1.54, 1.807) is 0 Å². The van der Waals surface area contributed by atoms with Crippen LogP contribution in [0, 0.1) is 0 Å². The fourth-order valence-corrected chi connectivity index (χ4v) is 4.74. The molecule has 0 unspecified atom stereocenters. The molecular weight excluding hydrogens is 396 g/mol. The van der Waals surface area contributed by atoms with Crippen LogP contribution >= 0.6 is 0 Å². The zero-order valence-corrected chi connectivity index (χ0v) is 18.0. The van der Waals surface area contributed by atoms with Crippen LogP contribution in [0.2, 0.25) is 0 Å². The lowest BCUT2D eigenvalue weighted by Crippen LogP contribution is -2.40. The molecule has 1 amide bonds. The maximum absolute atomic E-state index is 13.1. The summed E-state index contributed by atoms with van der Waals surface area (Å²) >= 11 is 0. The predicted octanol–water partition coefficient (Wildman–Crippen LogP) is 2.17. The van der Waals surface area contributed by atoms with E-state index >= 15 is 0 Å². The number of fused-ring (bicyclic) bond motifs is 2. The van der Waals surface area contributed by atoms with Crippen molar-refractivity contribution in [2.75, 3.05) is 19.9 Å². The first-order chi connectivity index (χ1) is 15.0. The molecule has 0 spiro atoms. The third-order valence-corrected chi connectivity index (χ3v) is 6.53. The third kappa shape index (κ3) is 3.80. The average molecular weight is 425 g/mol. The number of carbonyl (C=O) groups excluding carboxylic acids is 1. The Balaban J connectivity index is 1.35. The zero-order valence-electron chi connectivity index (χ0n) is 18.0. The second-order valence-electron chi connectivity index (χ2n) is 8.80. The fourth-order valence-electron chi connectivity index (χ4n) is 4.74. The number of aromatic amines is 1. The minimum atomic E-state index is -0.178. The van der Waals surface area contributed by atoms with Crippen LogP contribution in [0.4, 0.5) is 0 Å². The Hall–Kier alpha value is -2.87. The number of nitrogens with one attached hydrogen (secondary N) is 1. The summed E-state index contributed by atoms with van der Waals surface area (Å²) in [6.07, 6.45) is 2.76. The van der Waals surface area contributed by atoms with Gasteiger partial charge >= 0.3 is 0 Å². The van der Waals surface area contributed by atoms with Crippen molar-refractivity contribution in [3.05, 3.63) is 51.2 Å². The molecule has 8 nitrogen and oxygen atoms in total. The van der Waals surface area contributed by atoms with Crippen molar-refractivity contribution in [3.8, 4) is 11.5 Å². The topological polar surface area (TPSA) is 87.8 Å². The van der Waals surface area contributed by atoms with E-state index in [4.69, 9.17) is 14.5 Å². The molecule has 31 heavy (non-hydrogen) atoms. The average Bonchev–Trinajstić information content (AvgIpc) is 3.42. The second kappa shape index (κ2) is 8.00. The van der Waals surface area contributed by atoms with Gasteiger partial charge in [0.1, 0.15) is 5.82 Å². The van der Waals surface area contributed by atoms with Gasteiger partial charge in [-0.15, -0.1) is 0 Å². The maximum Gasteiger partial charge on any atom is 0.255 e. The van der Waals surface area contributed by atoms with Crippen molar-refractivity contribution in [1.29, 1.82) is 0 Å². The van der Waals surface area contributed by atoms with Gasteiger partial charge in [0.2, 0.25) is 12.7 Å². The fraction of sp³-hybridized carbons (Fsp3) is 0.522. The Bertz CT molecular complexity index is 1060. The smallest absolute Gasteiger partial charge is 0.255 e. The number of benzene rings is 1. The molecule has 164 valence electrons. The molecule has 1 aromatic carbocycles. The second-order valence-corrected chi connectivity index (χ2v) is 8.80. The lowest BCUT2D eigenvalue weighted by molar-refractivity contribution is -0.131. The van der Waals surface area contributed by atoms with E-state index in [0.29, 0.717) is 36.5 Å². The quantitative estimate of drug-likeness (QED) is 0.809. The number of hydrogen-bond donors (Lipinski definition) is 1. The van der Waals surface area contributed by atoms with Gasteiger partial charge in [-0.25, -0.2) is 4.98 Å². The summed E-state index contributed by atoms with van der Waals surface area (Å²) in [5, 5.41) is 0. The van der Waals surface area contributed by atoms with Gasteiger partial charge in [-0.05, 0) is 44.4 Å². The largest absolute Gasteiger partial charge is 0.454 e. The van der Waals surface area contributed by atoms with Crippen LogP contribution in [0.1, 0.15) is 55.4 Å². The van der Waals surface area contributed by atoms with Crippen molar-refractivity contribution < 1.29 is 14.3 Å². The van der Waals surface area contributed by atoms with Gasteiger partial charge in [-0.1, -0.05) is 6.07 Å². The Morgan fingerprint density at radius 3 is 2.94 bits per heavy atom. The molecule has 0 aliphatic carbocycles. The molecule has 3 aliphatic rings. The van der Waals surface area contributed by atoms with Crippen molar-refractivity contribution >= 4 is 5.91 Å². The number of H-pyrrole nitrogens is 1. The number of likely N-dealkylation sites (tertiary alicyclic amines) is 1. The number of hydrogen-bond acceptors (Lipinski definition) is 6. The minimum absolute atomic E-state index is 0.0349. The van der Waals surface area contributed by atoms with Crippen molar-refractivity contribution in [2.45, 2.75) is 58.2 Å². The Kier molecular flexibility index (Phi) is 5.17. The zero-order chi connectivity index (χ0) is 21.5. The standard InChI is InChI=1S/C23H28N4O4/c1-14(2)26-9-7-17-16(12-26)23(29)25-22(24-17)18-4-3-8-27(18)21(28)11-15-5-6-19-20(10-15)31-13-30-19/h5-6,10,14,18H,3-4,7-9,11-13H2,1-2H3,(H,24,25,29)/t18-/m0/s1. The summed E-state index contributed by atoms with van der Waals surface area (Å²) < 4.78 is 10.8. The highest BCUT2D eigenvalue weighted by Gasteiger charge is 2.33. The molecular formula is C23H28N4O4. The number of ether oxygens (including phenoxy) is 2. The van der Waals surface area contributed by atoms with Crippen LogP contribution in [0.25, 0.3) is 0 Å². The number of rotatable bonds is 4. The van der Waals surface area contributed by atoms with Gasteiger partial charge < -0.3 is 19.4 Å². The minimum Gasteiger partial charge on any atom is -0.454 e. The first-order valence-electron chi connectivity index (χ1n) is 11.0. The molecule has 5 rings (SSSR count). The number of amides is 1. The first kappa shape index (κ1) is 20.1.